The quantitative estimate of drug-likeness (QED) is 0.530. The highest BCUT2D eigenvalue weighted by Gasteiger charge is 2.42. The lowest BCUT2D eigenvalue weighted by atomic mass is 10.1. The van der Waals surface area contributed by atoms with E-state index in [-0.39, 0.29) is 34.2 Å². The van der Waals surface area contributed by atoms with E-state index in [0.717, 1.165) is 21.7 Å². The van der Waals surface area contributed by atoms with E-state index in [9.17, 15) is 9.59 Å². The van der Waals surface area contributed by atoms with E-state index in [1.807, 2.05) is 60.7 Å². The van der Waals surface area contributed by atoms with Crippen molar-refractivity contribution in [3.05, 3.63) is 60.7 Å². The molecule has 2 fully saturated rings. The summed E-state index contributed by atoms with van der Waals surface area (Å²) in [6, 6.07) is 19.8. The van der Waals surface area contributed by atoms with Gasteiger partial charge in [-0.15, -0.1) is 0 Å². The monoisotopic (exact) mass is 494 g/mol. The van der Waals surface area contributed by atoms with Crippen molar-refractivity contribution in [1.29, 1.82) is 0 Å². The zero-order valence-electron chi connectivity index (χ0n) is 19.9. The van der Waals surface area contributed by atoms with Crippen molar-refractivity contribution in [3.63, 3.8) is 0 Å². The molecular formula is C26H30N4O2S2. The first kappa shape index (κ1) is 24.5. The molecule has 0 spiro atoms. The van der Waals surface area contributed by atoms with Gasteiger partial charge in [0.2, 0.25) is 0 Å². The average molecular weight is 495 g/mol. The summed E-state index contributed by atoms with van der Waals surface area (Å²) in [7, 11) is 0. The Morgan fingerprint density at radius 3 is 1.38 bits per heavy atom. The van der Waals surface area contributed by atoms with Crippen LogP contribution >= 0.6 is 23.5 Å². The summed E-state index contributed by atoms with van der Waals surface area (Å²) in [5, 5.41) is 1.44. The maximum atomic E-state index is 12.3. The Morgan fingerprint density at radius 2 is 1.06 bits per heavy atom. The summed E-state index contributed by atoms with van der Waals surface area (Å²) in [4.78, 5) is 38.8. The van der Waals surface area contributed by atoms with Crippen LogP contribution < -0.4 is 0 Å². The summed E-state index contributed by atoms with van der Waals surface area (Å²) < 4.78 is 0. The molecule has 0 saturated carbocycles. The van der Waals surface area contributed by atoms with Gasteiger partial charge in [-0.2, -0.15) is 0 Å². The van der Waals surface area contributed by atoms with Crippen LogP contribution in [0.15, 0.2) is 70.6 Å². The molecule has 4 atom stereocenters. The Bertz CT molecular complexity index is 1000. The van der Waals surface area contributed by atoms with Crippen LogP contribution in [0, 0.1) is 0 Å². The third kappa shape index (κ3) is 5.39. The first-order chi connectivity index (χ1) is 16.3. The number of carbonyl (C=O) groups is 2. The molecule has 8 heteroatoms. The molecule has 2 aromatic rings. The molecule has 34 heavy (non-hydrogen) atoms. The second-order valence-corrected chi connectivity index (χ2v) is 10.8. The molecule has 2 aliphatic rings. The minimum Gasteiger partial charge on any atom is -0.345 e. The lowest BCUT2D eigenvalue weighted by Crippen LogP contribution is -2.45. The van der Waals surface area contributed by atoms with Crippen LogP contribution in [0.1, 0.15) is 27.7 Å². The number of Topliss-reactive ketones (excluding diaryl/α,β-unsaturated/α-hetero) is 2. The number of carbonyl (C=O) groups excluding carboxylic acids is 2. The van der Waals surface area contributed by atoms with Crippen molar-refractivity contribution in [2.24, 2.45) is 9.98 Å². The molecule has 0 aliphatic carbocycles. The first-order valence-corrected chi connectivity index (χ1v) is 13.3. The van der Waals surface area contributed by atoms with Crippen molar-refractivity contribution < 1.29 is 9.59 Å². The van der Waals surface area contributed by atoms with Gasteiger partial charge in [0.15, 0.2) is 10.3 Å². The van der Waals surface area contributed by atoms with Crippen LogP contribution in [-0.4, -0.2) is 67.4 Å². The van der Waals surface area contributed by atoms with Crippen LogP contribution in [0.25, 0.3) is 0 Å². The highest BCUT2D eigenvalue weighted by molar-refractivity contribution is 8.15. The van der Waals surface area contributed by atoms with Gasteiger partial charge in [0, 0.05) is 25.2 Å². The molecule has 178 valence electrons. The molecule has 4 unspecified atom stereocenters. The van der Waals surface area contributed by atoms with Crippen molar-refractivity contribution in [2.75, 3.05) is 13.1 Å². The summed E-state index contributed by atoms with van der Waals surface area (Å²) in [6.07, 6.45) is 0. The number of aliphatic imine (C=N–C) groups is 2. The van der Waals surface area contributed by atoms with E-state index < -0.39 is 0 Å². The number of amidine groups is 2. The molecule has 0 bridgehead atoms. The van der Waals surface area contributed by atoms with Crippen LogP contribution in [0.4, 0.5) is 11.4 Å². The van der Waals surface area contributed by atoms with Gasteiger partial charge in [0.05, 0.1) is 21.9 Å². The number of benzene rings is 2. The van der Waals surface area contributed by atoms with Crippen molar-refractivity contribution in [1.82, 2.24) is 9.80 Å². The Balaban J connectivity index is 1.59. The third-order valence-electron chi connectivity index (χ3n) is 6.16. The van der Waals surface area contributed by atoms with E-state index in [2.05, 4.69) is 23.6 Å². The summed E-state index contributed by atoms with van der Waals surface area (Å²) in [5.74, 6) is 0.322. The molecule has 2 aliphatic heterocycles. The van der Waals surface area contributed by atoms with E-state index in [1.165, 1.54) is 0 Å². The van der Waals surface area contributed by atoms with E-state index >= 15 is 0 Å². The molecule has 2 heterocycles. The minimum absolute atomic E-state index is 0.0358. The van der Waals surface area contributed by atoms with Gasteiger partial charge in [-0.1, -0.05) is 59.9 Å². The number of hydrogen-bond acceptors (Lipinski definition) is 6. The van der Waals surface area contributed by atoms with Gasteiger partial charge >= 0.3 is 0 Å². The zero-order valence-corrected chi connectivity index (χ0v) is 21.6. The Morgan fingerprint density at radius 1 is 0.706 bits per heavy atom. The predicted octanol–water partition coefficient (Wildman–Crippen LogP) is 5.15. The van der Waals surface area contributed by atoms with Gasteiger partial charge in [-0.05, 0) is 52.0 Å². The fourth-order valence-corrected chi connectivity index (χ4v) is 6.88. The van der Waals surface area contributed by atoms with Crippen LogP contribution in [-0.2, 0) is 9.59 Å². The van der Waals surface area contributed by atoms with Crippen LogP contribution in [0.3, 0.4) is 0 Å². The van der Waals surface area contributed by atoms with Crippen LogP contribution in [0.2, 0.25) is 0 Å². The molecule has 0 N–H and O–H groups in total. The second-order valence-electron chi connectivity index (χ2n) is 8.63. The molecule has 2 saturated heterocycles. The van der Waals surface area contributed by atoms with Crippen molar-refractivity contribution >= 4 is 56.8 Å². The zero-order chi connectivity index (χ0) is 24.2. The molecule has 0 radical (unpaired) electrons. The van der Waals surface area contributed by atoms with E-state index in [0.29, 0.717) is 13.1 Å². The topological polar surface area (TPSA) is 65.3 Å². The van der Waals surface area contributed by atoms with Crippen molar-refractivity contribution in [3.8, 4) is 0 Å². The Hall–Kier alpha value is -2.58. The van der Waals surface area contributed by atoms with Crippen molar-refractivity contribution in [2.45, 2.75) is 50.3 Å². The van der Waals surface area contributed by atoms with Gasteiger partial charge in [0.25, 0.3) is 0 Å². The van der Waals surface area contributed by atoms with Gasteiger partial charge in [-0.25, -0.2) is 9.98 Å². The fraction of sp³-hybridized carbons (Fsp3) is 0.385. The van der Waals surface area contributed by atoms with Crippen LogP contribution in [0.5, 0.6) is 0 Å². The van der Waals surface area contributed by atoms with E-state index in [4.69, 9.17) is 9.98 Å². The second kappa shape index (κ2) is 10.8. The summed E-state index contributed by atoms with van der Waals surface area (Å²) in [5.41, 5.74) is 1.75. The lowest BCUT2D eigenvalue weighted by Gasteiger charge is -2.30. The molecular weight excluding hydrogens is 464 g/mol. The number of rotatable bonds is 7. The maximum Gasteiger partial charge on any atom is 0.165 e. The Kier molecular flexibility index (Phi) is 7.78. The summed E-state index contributed by atoms with van der Waals surface area (Å²) in [6.45, 7) is 8.86. The standard InChI is InChI=1S/C26H30N4O2S2/c1-17-23(19(3)31)33-25(27-21-11-7-5-8-12-21)29(17)15-16-30-18(2)24(20(4)32)34-26(30)28-22-13-9-6-10-14-22/h5-14,17-18,23-24H,15-16H2,1-4H3. The number of hydrogen-bond donors (Lipinski definition) is 0. The highest BCUT2D eigenvalue weighted by atomic mass is 32.2. The smallest absolute Gasteiger partial charge is 0.165 e. The first-order valence-electron chi connectivity index (χ1n) is 11.5. The SMILES string of the molecule is CC(=O)C1SC(=Nc2ccccc2)N(CCN2C(=Nc3ccccc3)SC(C(C)=O)C2C)C1C. The largest absolute Gasteiger partial charge is 0.345 e. The van der Waals surface area contributed by atoms with E-state index in [1.54, 1.807) is 37.4 Å². The number of thioether (sulfide) groups is 2. The number of ketones is 2. The normalized spacial score (nSPS) is 27.1. The molecule has 2 aromatic carbocycles. The number of nitrogens with zero attached hydrogens (tertiary/aromatic N) is 4. The van der Waals surface area contributed by atoms with Gasteiger partial charge in [0.1, 0.15) is 11.6 Å². The minimum atomic E-state index is -0.143. The third-order valence-corrected chi connectivity index (χ3v) is 9.19. The lowest BCUT2D eigenvalue weighted by molar-refractivity contribution is -0.118. The Labute approximate surface area is 209 Å². The molecule has 0 amide bonds. The highest BCUT2D eigenvalue weighted by Crippen LogP contribution is 2.36. The molecule has 4 rings (SSSR count). The van der Waals surface area contributed by atoms with Gasteiger partial charge < -0.3 is 9.80 Å². The number of para-hydroxylation sites is 2. The molecule has 0 aromatic heterocycles. The predicted molar refractivity (Wildman–Crippen MR) is 144 cm³/mol. The maximum absolute atomic E-state index is 12.3. The molecule has 6 nitrogen and oxygen atoms in total. The summed E-state index contributed by atoms with van der Waals surface area (Å²) >= 11 is 3.08. The van der Waals surface area contributed by atoms with Gasteiger partial charge in [-0.3, -0.25) is 9.59 Å². The average Bonchev–Trinajstić information content (AvgIpc) is 3.30. The fourth-order valence-electron chi connectivity index (χ4n) is 4.30.